The van der Waals surface area contributed by atoms with E-state index in [9.17, 15) is 9.67 Å². The molecule has 1 aromatic carbocycles. The predicted molar refractivity (Wildman–Crippen MR) is 121 cm³/mol. The minimum atomic E-state index is -3.32. The SMILES string of the molecule is CCOP(=O)(C=Cc1cc(-c2cc(C(C)(C)C)c(O)c(C(C)(C)C)c2)no1)OCC. The Morgan fingerprint density at radius 1 is 1.00 bits per heavy atom. The Bertz CT molecular complexity index is 902. The van der Waals surface area contributed by atoms with Crippen LogP contribution in [-0.2, 0) is 24.4 Å². The Morgan fingerprint density at radius 3 is 1.93 bits per heavy atom. The van der Waals surface area contributed by atoms with Gasteiger partial charge in [-0.05, 0) is 42.9 Å². The van der Waals surface area contributed by atoms with Gasteiger partial charge in [0.1, 0.15) is 11.4 Å². The highest BCUT2D eigenvalue weighted by atomic mass is 31.2. The Kier molecular flexibility index (Phi) is 7.39. The first-order chi connectivity index (χ1) is 13.8. The van der Waals surface area contributed by atoms with Crippen LogP contribution < -0.4 is 0 Å². The van der Waals surface area contributed by atoms with Crippen molar-refractivity contribution in [3.05, 3.63) is 40.9 Å². The molecule has 1 heterocycles. The van der Waals surface area contributed by atoms with E-state index in [1.165, 1.54) is 5.82 Å². The van der Waals surface area contributed by atoms with Crippen LogP contribution in [0.15, 0.2) is 28.5 Å². The minimum Gasteiger partial charge on any atom is -0.507 e. The van der Waals surface area contributed by atoms with E-state index in [4.69, 9.17) is 13.6 Å². The van der Waals surface area contributed by atoms with Crippen molar-refractivity contribution in [2.75, 3.05) is 13.2 Å². The molecule has 0 radical (unpaired) electrons. The van der Waals surface area contributed by atoms with Crippen molar-refractivity contribution < 1.29 is 23.2 Å². The van der Waals surface area contributed by atoms with Crippen molar-refractivity contribution in [3.8, 4) is 17.0 Å². The number of hydrogen-bond acceptors (Lipinski definition) is 6. The average molecular weight is 436 g/mol. The topological polar surface area (TPSA) is 81.8 Å². The average Bonchev–Trinajstić information content (AvgIpc) is 3.08. The molecule has 0 aliphatic carbocycles. The second-order valence-corrected chi connectivity index (χ2v) is 11.1. The van der Waals surface area contributed by atoms with E-state index in [0.717, 1.165) is 16.7 Å². The van der Waals surface area contributed by atoms with Gasteiger partial charge in [-0.1, -0.05) is 46.7 Å². The maximum atomic E-state index is 12.6. The summed E-state index contributed by atoms with van der Waals surface area (Å²) in [5.74, 6) is 2.14. The number of phenols is 1. The summed E-state index contributed by atoms with van der Waals surface area (Å²) in [7, 11) is -3.32. The van der Waals surface area contributed by atoms with Gasteiger partial charge in [0, 0.05) is 28.6 Å². The van der Waals surface area contributed by atoms with Crippen LogP contribution in [0.3, 0.4) is 0 Å². The molecule has 30 heavy (non-hydrogen) atoms. The Balaban J connectivity index is 2.48. The van der Waals surface area contributed by atoms with E-state index in [1.54, 1.807) is 26.0 Å². The Hall–Kier alpha value is -1.88. The van der Waals surface area contributed by atoms with Crippen molar-refractivity contribution in [1.29, 1.82) is 0 Å². The van der Waals surface area contributed by atoms with Crippen molar-refractivity contribution in [1.82, 2.24) is 5.16 Å². The lowest BCUT2D eigenvalue weighted by molar-refractivity contribution is 0.229. The van der Waals surface area contributed by atoms with Gasteiger partial charge in [-0.25, -0.2) is 0 Å². The molecule has 0 saturated carbocycles. The standard InChI is InChI=1S/C23H34NO5P/c1-9-27-30(26,28-10-2)12-11-17-15-20(24-29-17)16-13-18(22(3,4)5)21(25)19(14-16)23(6,7)8/h11-15,25H,9-10H2,1-8H3. The third kappa shape index (κ3) is 5.84. The first kappa shape index (κ1) is 24.4. The molecule has 0 aliphatic heterocycles. The van der Waals surface area contributed by atoms with Gasteiger partial charge in [-0.2, -0.15) is 0 Å². The summed E-state index contributed by atoms with van der Waals surface area (Å²) in [6.45, 7) is 16.5. The molecule has 7 heteroatoms. The number of nitrogens with zero attached hydrogens (tertiary/aromatic N) is 1. The molecule has 1 aromatic heterocycles. The molecular weight excluding hydrogens is 401 g/mol. The lowest BCUT2D eigenvalue weighted by Crippen LogP contribution is -2.17. The maximum absolute atomic E-state index is 12.6. The number of benzene rings is 1. The summed E-state index contributed by atoms with van der Waals surface area (Å²) < 4.78 is 28.5. The van der Waals surface area contributed by atoms with Crippen molar-refractivity contribution in [2.45, 2.75) is 66.2 Å². The van der Waals surface area contributed by atoms with Gasteiger partial charge in [-0.3, -0.25) is 4.57 Å². The minimum absolute atomic E-state index is 0.242. The first-order valence-electron chi connectivity index (χ1n) is 10.2. The van der Waals surface area contributed by atoms with Gasteiger partial charge in [0.15, 0.2) is 5.76 Å². The zero-order valence-electron chi connectivity index (χ0n) is 19.3. The molecule has 166 valence electrons. The summed E-state index contributed by atoms with van der Waals surface area (Å²) in [6.07, 6.45) is 1.55. The van der Waals surface area contributed by atoms with E-state index >= 15 is 0 Å². The smallest absolute Gasteiger partial charge is 0.354 e. The largest absolute Gasteiger partial charge is 0.507 e. The van der Waals surface area contributed by atoms with Gasteiger partial charge in [0.2, 0.25) is 0 Å². The third-order valence-corrected chi connectivity index (χ3v) is 6.34. The van der Waals surface area contributed by atoms with Crippen LogP contribution in [0.4, 0.5) is 0 Å². The molecule has 0 bridgehead atoms. The second-order valence-electron chi connectivity index (χ2n) is 9.23. The van der Waals surface area contributed by atoms with Crippen LogP contribution in [-0.4, -0.2) is 23.5 Å². The molecule has 6 nitrogen and oxygen atoms in total. The van der Waals surface area contributed by atoms with Gasteiger partial charge in [0.25, 0.3) is 0 Å². The molecule has 0 atom stereocenters. The van der Waals surface area contributed by atoms with Crippen LogP contribution in [0.25, 0.3) is 17.3 Å². The van der Waals surface area contributed by atoms with Crippen LogP contribution in [0, 0.1) is 0 Å². The van der Waals surface area contributed by atoms with Gasteiger partial charge < -0.3 is 18.7 Å². The summed E-state index contributed by atoms with van der Waals surface area (Å²) in [6, 6.07) is 5.66. The molecule has 1 N–H and O–H groups in total. The van der Waals surface area contributed by atoms with Gasteiger partial charge in [0.05, 0.1) is 13.2 Å². The molecule has 0 unspecified atom stereocenters. The van der Waals surface area contributed by atoms with Crippen LogP contribution in [0.5, 0.6) is 5.75 Å². The summed E-state index contributed by atoms with van der Waals surface area (Å²) in [5, 5.41) is 15.1. The highest BCUT2D eigenvalue weighted by molar-refractivity contribution is 7.57. The van der Waals surface area contributed by atoms with Crippen molar-refractivity contribution in [3.63, 3.8) is 0 Å². The Labute approximate surface area is 179 Å². The summed E-state index contributed by atoms with van der Waals surface area (Å²) in [5.41, 5.74) is 2.70. The highest BCUT2D eigenvalue weighted by Crippen LogP contribution is 2.50. The predicted octanol–water partition coefficient (Wildman–Crippen LogP) is 6.88. The van der Waals surface area contributed by atoms with E-state index in [2.05, 4.69) is 46.7 Å². The lowest BCUT2D eigenvalue weighted by atomic mass is 9.78. The van der Waals surface area contributed by atoms with Crippen LogP contribution in [0.2, 0.25) is 0 Å². The van der Waals surface area contributed by atoms with Crippen LogP contribution >= 0.6 is 7.60 Å². The quantitative estimate of drug-likeness (QED) is 0.478. The summed E-state index contributed by atoms with van der Waals surface area (Å²) in [4.78, 5) is 0. The fourth-order valence-corrected chi connectivity index (χ4v) is 4.37. The van der Waals surface area contributed by atoms with E-state index < -0.39 is 7.60 Å². The second kappa shape index (κ2) is 9.09. The monoisotopic (exact) mass is 435 g/mol. The third-order valence-electron chi connectivity index (χ3n) is 4.59. The Morgan fingerprint density at radius 2 is 1.50 bits per heavy atom. The number of rotatable bonds is 7. The molecule has 2 aromatic rings. The van der Waals surface area contributed by atoms with Gasteiger partial charge in [-0.15, -0.1) is 0 Å². The number of hydrogen-bond donors (Lipinski definition) is 1. The highest BCUT2D eigenvalue weighted by Gasteiger charge is 2.27. The molecule has 0 aliphatic rings. The molecule has 0 amide bonds. The van der Waals surface area contributed by atoms with E-state index in [-0.39, 0.29) is 24.0 Å². The zero-order chi connectivity index (χ0) is 22.7. The fraction of sp³-hybridized carbons (Fsp3) is 0.522. The van der Waals surface area contributed by atoms with E-state index in [1.807, 2.05) is 12.1 Å². The molecular formula is C23H34NO5P. The molecule has 0 spiro atoms. The molecule has 2 rings (SSSR count). The fourth-order valence-electron chi connectivity index (χ4n) is 3.08. The van der Waals surface area contributed by atoms with Crippen molar-refractivity contribution >= 4 is 13.7 Å². The normalized spacial score (nSPS) is 13.3. The summed E-state index contributed by atoms with van der Waals surface area (Å²) >= 11 is 0. The maximum Gasteiger partial charge on any atom is 0.354 e. The van der Waals surface area contributed by atoms with E-state index in [0.29, 0.717) is 17.2 Å². The molecule has 0 fully saturated rings. The molecule has 0 saturated heterocycles. The number of phenolic OH excluding ortho intramolecular Hbond substituents is 1. The number of aromatic hydroxyl groups is 1. The van der Waals surface area contributed by atoms with Gasteiger partial charge >= 0.3 is 7.60 Å². The number of aromatic nitrogens is 1. The van der Waals surface area contributed by atoms with Crippen LogP contribution in [0.1, 0.15) is 72.3 Å². The lowest BCUT2D eigenvalue weighted by Gasteiger charge is -2.28. The van der Waals surface area contributed by atoms with Crippen molar-refractivity contribution in [2.24, 2.45) is 0 Å². The first-order valence-corrected chi connectivity index (χ1v) is 11.8. The zero-order valence-corrected chi connectivity index (χ0v) is 20.2.